The molecule has 2 aromatic carbocycles. The average molecular weight is 364 g/mol. The summed E-state index contributed by atoms with van der Waals surface area (Å²) in [5.41, 5.74) is 0.496. The van der Waals surface area contributed by atoms with Crippen molar-refractivity contribution in [3.8, 4) is 11.5 Å². The third-order valence-corrected chi connectivity index (χ3v) is 3.88. The van der Waals surface area contributed by atoms with Gasteiger partial charge in [0, 0.05) is 22.8 Å². The number of hydrogen-bond acceptors (Lipinski definition) is 7. The predicted molar refractivity (Wildman–Crippen MR) is 94.1 cm³/mol. The van der Waals surface area contributed by atoms with E-state index in [0.717, 1.165) is 6.07 Å². The Kier molecular flexibility index (Phi) is 4.71. The van der Waals surface area contributed by atoms with Gasteiger partial charge in [0.05, 0.1) is 29.2 Å². The average Bonchev–Trinajstić information content (AvgIpc) is 2.66. The molecule has 27 heavy (non-hydrogen) atoms. The molecule has 1 heterocycles. The number of para-hydroxylation sites is 1. The number of carbonyl (C=O) groups excluding carboxylic acids is 1. The van der Waals surface area contributed by atoms with Gasteiger partial charge in [0.15, 0.2) is 0 Å². The van der Waals surface area contributed by atoms with E-state index in [9.17, 15) is 25.1 Å². The number of fused-ring (bicyclic) bond motifs is 1. The fraction of sp³-hybridized carbons (Fsp3) is 0.0526. The van der Waals surface area contributed by atoms with E-state index in [2.05, 4.69) is 4.98 Å². The van der Waals surface area contributed by atoms with Gasteiger partial charge in [-0.15, -0.1) is 0 Å². The van der Waals surface area contributed by atoms with E-state index in [-0.39, 0.29) is 11.3 Å². The van der Waals surface area contributed by atoms with Gasteiger partial charge in [-0.05, 0) is 29.8 Å². The van der Waals surface area contributed by atoms with E-state index in [0.29, 0.717) is 22.2 Å². The van der Waals surface area contributed by atoms with Crippen molar-refractivity contribution < 1.29 is 24.7 Å². The van der Waals surface area contributed by atoms with E-state index >= 15 is 0 Å². The van der Waals surface area contributed by atoms with Crippen LogP contribution < -0.4 is 14.9 Å². The van der Waals surface area contributed by atoms with Gasteiger partial charge in [-0.2, -0.15) is 0 Å². The van der Waals surface area contributed by atoms with E-state index in [4.69, 9.17) is 4.74 Å². The Morgan fingerprint density at radius 2 is 1.93 bits per heavy atom. The maximum absolute atomic E-state index is 11.9. The molecule has 0 aliphatic rings. The molecule has 8 heteroatoms. The summed E-state index contributed by atoms with van der Waals surface area (Å²) in [7, 11) is 1.24. The molecule has 0 aliphatic carbocycles. The van der Waals surface area contributed by atoms with Crippen molar-refractivity contribution in [2.45, 2.75) is 0 Å². The highest BCUT2D eigenvalue weighted by atomic mass is 16.6. The van der Waals surface area contributed by atoms with Crippen LogP contribution in [0.4, 0.5) is 5.69 Å². The number of carboxylic acids is 1. The number of carboxylic acid groups (broad SMARTS) is 1. The van der Waals surface area contributed by atoms with Crippen molar-refractivity contribution >= 4 is 34.7 Å². The molecule has 136 valence electrons. The lowest BCUT2D eigenvalue weighted by atomic mass is 10.1. The van der Waals surface area contributed by atoms with Gasteiger partial charge in [-0.3, -0.25) is 10.1 Å². The zero-order valence-corrected chi connectivity index (χ0v) is 14.0. The van der Waals surface area contributed by atoms with E-state index < -0.39 is 22.3 Å². The van der Waals surface area contributed by atoms with Gasteiger partial charge >= 0.3 is 0 Å². The van der Waals surface area contributed by atoms with Crippen LogP contribution >= 0.6 is 0 Å². The van der Waals surface area contributed by atoms with Crippen LogP contribution in [0, 0.1) is 10.1 Å². The molecule has 8 nitrogen and oxygen atoms in total. The minimum Gasteiger partial charge on any atom is -0.865 e. The number of benzene rings is 2. The number of ether oxygens (including phenoxy) is 1. The number of hydrogen-bond donors (Lipinski definition) is 0. The number of aromatic carboxylic acids is 1. The molecule has 0 unspecified atom stereocenters. The minimum absolute atomic E-state index is 0.0151. The Labute approximate surface area is 153 Å². The van der Waals surface area contributed by atoms with Gasteiger partial charge in [0.2, 0.25) is 0 Å². The Hall–Kier alpha value is -3.94. The quantitative estimate of drug-likeness (QED) is 0.498. The third kappa shape index (κ3) is 3.54. The van der Waals surface area contributed by atoms with Gasteiger partial charge in [0.1, 0.15) is 5.75 Å². The summed E-state index contributed by atoms with van der Waals surface area (Å²) in [5, 5.41) is 34.7. The fourth-order valence-electron chi connectivity index (χ4n) is 2.62. The second-order valence-corrected chi connectivity index (χ2v) is 5.56. The molecule has 0 saturated heterocycles. The highest BCUT2D eigenvalue weighted by Gasteiger charge is 2.12. The van der Waals surface area contributed by atoms with Crippen LogP contribution in [0.25, 0.3) is 23.1 Å². The second kappa shape index (κ2) is 7.12. The fourth-order valence-corrected chi connectivity index (χ4v) is 2.62. The normalized spacial score (nSPS) is 11.0. The molecule has 0 aliphatic heterocycles. The van der Waals surface area contributed by atoms with Crippen molar-refractivity contribution in [3.63, 3.8) is 0 Å². The standard InChI is InChI=1S/C19H14N2O6/c1-27-17-9-11(8-16(18(17)22)21(25)26)6-7-12-10-14(19(23)24)13-4-2-3-5-15(13)20-12/h2-10,22H,1H3,(H,23,24)/p-2/b7-6+. The van der Waals surface area contributed by atoms with Crippen LogP contribution in [-0.4, -0.2) is 23.0 Å². The summed E-state index contributed by atoms with van der Waals surface area (Å²) in [6.07, 6.45) is 2.97. The zero-order valence-electron chi connectivity index (χ0n) is 14.0. The third-order valence-electron chi connectivity index (χ3n) is 3.88. The molecule has 3 rings (SSSR count). The number of nitro benzene ring substituents is 1. The SMILES string of the molecule is COc1cc(/C=C/c2cc(C(=O)[O-])c3ccccc3n2)cc([N+](=O)[O-])c1[O-]. The summed E-state index contributed by atoms with van der Waals surface area (Å²) in [6, 6.07) is 10.5. The van der Waals surface area contributed by atoms with Crippen LogP contribution in [0.1, 0.15) is 21.6 Å². The molecule has 3 aromatic rings. The maximum atomic E-state index is 11.9. The van der Waals surface area contributed by atoms with Gasteiger partial charge < -0.3 is 19.7 Å². The maximum Gasteiger partial charge on any atom is 0.266 e. The molecule has 0 bridgehead atoms. The zero-order chi connectivity index (χ0) is 19.6. The van der Waals surface area contributed by atoms with Crippen molar-refractivity contribution in [1.29, 1.82) is 0 Å². The first-order valence-corrected chi connectivity index (χ1v) is 7.73. The Morgan fingerprint density at radius 1 is 1.19 bits per heavy atom. The topological polar surface area (TPSA) is 128 Å². The van der Waals surface area contributed by atoms with Gasteiger partial charge in [-0.25, -0.2) is 4.98 Å². The number of rotatable bonds is 5. The number of pyridine rings is 1. The Morgan fingerprint density at radius 3 is 2.59 bits per heavy atom. The number of nitrogens with zero attached hydrogens (tertiary/aromatic N) is 2. The number of methoxy groups -OCH3 is 1. The molecule has 1 aromatic heterocycles. The summed E-state index contributed by atoms with van der Waals surface area (Å²) in [4.78, 5) is 26.0. The van der Waals surface area contributed by atoms with Crippen molar-refractivity contribution in [2.75, 3.05) is 7.11 Å². The Balaban J connectivity index is 2.07. The van der Waals surface area contributed by atoms with Gasteiger partial charge in [-0.1, -0.05) is 24.3 Å². The molecule has 0 saturated carbocycles. The van der Waals surface area contributed by atoms with E-state index in [1.165, 1.54) is 31.4 Å². The monoisotopic (exact) mass is 364 g/mol. The molecule has 0 radical (unpaired) electrons. The van der Waals surface area contributed by atoms with Gasteiger partial charge in [0.25, 0.3) is 5.69 Å². The molecular weight excluding hydrogens is 352 g/mol. The van der Waals surface area contributed by atoms with Crippen LogP contribution in [0.5, 0.6) is 11.5 Å². The van der Waals surface area contributed by atoms with Crippen molar-refractivity contribution in [1.82, 2.24) is 4.98 Å². The summed E-state index contributed by atoms with van der Waals surface area (Å²) < 4.78 is 4.88. The molecule has 0 atom stereocenters. The molecule has 0 fully saturated rings. The predicted octanol–water partition coefficient (Wildman–Crippen LogP) is 1.76. The van der Waals surface area contributed by atoms with E-state index in [1.54, 1.807) is 24.3 Å². The lowest BCUT2D eigenvalue weighted by Crippen LogP contribution is -2.22. The van der Waals surface area contributed by atoms with Crippen LogP contribution in [0.2, 0.25) is 0 Å². The largest absolute Gasteiger partial charge is 0.865 e. The summed E-state index contributed by atoms with van der Waals surface area (Å²) in [5.74, 6) is -2.32. The lowest BCUT2D eigenvalue weighted by Gasteiger charge is -2.13. The Bertz CT molecular complexity index is 1090. The summed E-state index contributed by atoms with van der Waals surface area (Å²) >= 11 is 0. The highest BCUT2D eigenvalue weighted by Crippen LogP contribution is 2.35. The van der Waals surface area contributed by atoms with Crippen LogP contribution in [0.3, 0.4) is 0 Å². The molecule has 0 spiro atoms. The molecule has 0 N–H and O–H groups in total. The first-order chi connectivity index (χ1) is 12.9. The summed E-state index contributed by atoms with van der Waals surface area (Å²) in [6.45, 7) is 0. The molecular formula is C19H12N2O6-2. The number of carbonyl (C=O) groups is 1. The number of nitro groups is 1. The van der Waals surface area contributed by atoms with Crippen molar-refractivity contribution in [3.05, 3.63) is 69.4 Å². The number of aromatic nitrogens is 1. The second-order valence-electron chi connectivity index (χ2n) is 5.56. The van der Waals surface area contributed by atoms with Crippen LogP contribution in [0.15, 0.2) is 42.5 Å². The van der Waals surface area contributed by atoms with Crippen molar-refractivity contribution in [2.24, 2.45) is 0 Å². The first-order valence-electron chi connectivity index (χ1n) is 7.73. The molecule has 0 amide bonds. The first kappa shape index (κ1) is 17.9. The minimum atomic E-state index is -1.34. The lowest BCUT2D eigenvalue weighted by molar-refractivity contribution is -0.398. The smallest absolute Gasteiger partial charge is 0.266 e. The highest BCUT2D eigenvalue weighted by molar-refractivity contribution is 6.02. The van der Waals surface area contributed by atoms with E-state index in [1.807, 2.05) is 0 Å². The van der Waals surface area contributed by atoms with Crippen LogP contribution in [-0.2, 0) is 0 Å².